The predicted octanol–water partition coefficient (Wildman–Crippen LogP) is 1.50. The molecule has 2 aromatic rings. The van der Waals surface area contributed by atoms with Crippen LogP contribution in [0.25, 0.3) is 10.9 Å². The van der Waals surface area contributed by atoms with Gasteiger partial charge in [-0.15, -0.1) is 0 Å². The molecule has 3 rings (SSSR count). The first-order chi connectivity index (χ1) is 8.96. The Kier molecular flexibility index (Phi) is 2.46. The van der Waals surface area contributed by atoms with E-state index in [1.165, 1.54) is 12.3 Å². The number of nitrogens with zero attached hydrogens (tertiary/aromatic N) is 2. The van der Waals surface area contributed by atoms with Gasteiger partial charge in [-0.05, 0) is 31.2 Å². The molecule has 5 heteroatoms. The van der Waals surface area contributed by atoms with Gasteiger partial charge >= 0.3 is 5.97 Å². The van der Waals surface area contributed by atoms with Gasteiger partial charge in [0.15, 0.2) is 0 Å². The van der Waals surface area contributed by atoms with E-state index >= 15 is 0 Å². The van der Waals surface area contributed by atoms with Crippen molar-refractivity contribution in [2.75, 3.05) is 18.0 Å². The van der Waals surface area contributed by atoms with Gasteiger partial charge in [-0.3, -0.25) is 4.98 Å². The second-order valence-corrected chi connectivity index (χ2v) is 5.22. The quantitative estimate of drug-likeness (QED) is 0.854. The van der Waals surface area contributed by atoms with Gasteiger partial charge in [0, 0.05) is 30.4 Å². The summed E-state index contributed by atoms with van der Waals surface area (Å²) in [6, 6.07) is 7.03. The molecule has 0 spiro atoms. The third-order valence-corrected chi connectivity index (χ3v) is 3.38. The van der Waals surface area contributed by atoms with Crippen LogP contribution in [0.5, 0.6) is 0 Å². The first kappa shape index (κ1) is 11.9. The predicted molar refractivity (Wildman–Crippen MR) is 71.5 cm³/mol. The maximum Gasteiger partial charge on any atom is 0.336 e. The van der Waals surface area contributed by atoms with E-state index in [0.717, 1.165) is 5.69 Å². The van der Waals surface area contributed by atoms with E-state index in [-0.39, 0.29) is 5.56 Å². The number of pyridine rings is 1. The Morgan fingerprint density at radius 2 is 2.11 bits per heavy atom. The van der Waals surface area contributed by atoms with Crippen molar-refractivity contribution in [3.05, 3.63) is 36.0 Å². The summed E-state index contributed by atoms with van der Waals surface area (Å²) in [5, 5.41) is 19.6. The lowest BCUT2D eigenvalue weighted by Gasteiger charge is -2.45. The second kappa shape index (κ2) is 3.93. The summed E-state index contributed by atoms with van der Waals surface area (Å²) in [5.41, 5.74) is 1.17. The Hall–Kier alpha value is -2.14. The number of aromatic nitrogens is 1. The number of anilines is 1. The third-order valence-electron chi connectivity index (χ3n) is 3.38. The number of benzene rings is 1. The van der Waals surface area contributed by atoms with Crippen LogP contribution < -0.4 is 4.90 Å². The number of carboxylic acid groups (broad SMARTS) is 1. The van der Waals surface area contributed by atoms with Crippen molar-refractivity contribution in [3.8, 4) is 0 Å². The fourth-order valence-electron chi connectivity index (χ4n) is 2.48. The number of hydrogen-bond acceptors (Lipinski definition) is 4. The highest BCUT2D eigenvalue weighted by atomic mass is 16.4. The van der Waals surface area contributed by atoms with Crippen LogP contribution in [0.15, 0.2) is 30.5 Å². The maximum absolute atomic E-state index is 11.2. The molecule has 1 saturated heterocycles. The molecule has 0 saturated carbocycles. The third kappa shape index (κ3) is 2.02. The Morgan fingerprint density at radius 1 is 1.37 bits per heavy atom. The lowest BCUT2D eigenvalue weighted by molar-refractivity contribution is 0.0310. The number of fused-ring (bicyclic) bond motifs is 1. The van der Waals surface area contributed by atoms with Crippen molar-refractivity contribution in [1.82, 2.24) is 4.98 Å². The number of aliphatic hydroxyl groups is 1. The van der Waals surface area contributed by atoms with Crippen molar-refractivity contribution >= 4 is 22.6 Å². The van der Waals surface area contributed by atoms with E-state index in [4.69, 9.17) is 0 Å². The zero-order valence-electron chi connectivity index (χ0n) is 10.5. The molecule has 5 nitrogen and oxygen atoms in total. The fraction of sp³-hybridized carbons (Fsp3) is 0.286. The normalized spacial score (nSPS) is 17.3. The van der Waals surface area contributed by atoms with Crippen LogP contribution in [0.3, 0.4) is 0 Å². The SMILES string of the molecule is CC1(O)CN(c2ccc3nccc(C(=O)O)c3c2)C1. The molecule has 19 heavy (non-hydrogen) atoms. The van der Waals surface area contributed by atoms with Crippen LogP contribution >= 0.6 is 0 Å². The van der Waals surface area contributed by atoms with Gasteiger partial charge in [0.05, 0.1) is 16.7 Å². The molecule has 2 N–H and O–H groups in total. The van der Waals surface area contributed by atoms with E-state index in [0.29, 0.717) is 24.0 Å². The number of rotatable bonds is 2. The fourth-order valence-corrected chi connectivity index (χ4v) is 2.48. The summed E-state index contributed by atoms with van der Waals surface area (Å²) in [6.45, 7) is 2.90. The highest BCUT2D eigenvalue weighted by molar-refractivity contribution is 6.03. The highest BCUT2D eigenvalue weighted by Crippen LogP contribution is 2.30. The number of hydrogen-bond donors (Lipinski definition) is 2. The van der Waals surface area contributed by atoms with Crippen molar-refractivity contribution in [1.29, 1.82) is 0 Å². The average molecular weight is 258 g/mol. The van der Waals surface area contributed by atoms with Gasteiger partial charge in [0.2, 0.25) is 0 Å². The standard InChI is InChI=1S/C14H14N2O3/c1-14(19)7-16(8-14)9-2-3-12-11(6-9)10(13(17)18)4-5-15-12/h2-6,19H,7-8H2,1H3,(H,17,18). The lowest BCUT2D eigenvalue weighted by atomic mass is 9.95. The molecular weight excluding hydrogens is 244 g/mol. The second-order valence-electron chi connectivity index (χ2n) is 5.22. The van der Waals surface area contributed by atoms with E-state index in [1.54, 1.807) is 6.92 Å². The zero-order valence-corrected chi connectivity index (χ0v) is 10.5. The molecule has 0 aliphatic carbocycles. The number of aromatic carboxylic acids is 1. The maximum atomic E-state index is 11.2. The van der Waals surface area contributed by atoms with Gasteiger partial charge in [-0.25, -0.2) is 4.79 Å². The lowest BCUT2D eigenvalue weighted by Crippen LogP contribution is -2.60. The minimum absolute atomic E-state index is 0.249. The van der Waals surface area contributed by atoms with Crippen LogP contribution in [0, 0.1) is 0 Å². The minimum atomic E-state index is -0.958. The van der Waals surface area contributed by atoms with Gasteiger partial charge in [-0.2, -0.15) is 0 Å². The molecule has 0 bridgehead atoms. The summed E-state index contributed by atoms with van der Waals surface area (Å²) in [7, 11) is 0. The molecule has 1 aliphatic rings. The molecule has 0 radical (unpaired) electrons. The highest BCUT2D eigenvalue weighted by Gasteiger charge is 2.36. The first-order valence-corrected chi connectivity index (χ1v) is 6.06. The van der Waals surface area contributed by atoms with E-state index in [2.05, 4.69) is 4.98 Å². The van der Waals surface area contributed by atoms with Crippen molar-refractivity contribution in [2.24, 2.45) is 0 Å². The molecule has 1 aliphatic heterocycles. The molecule has 1 fully saturated rings. The Bertz CT molecular complexity index is 659. The van der Waals surface area contributed by atoms with Crippen molar-refractivity contribution in [2.45, 2.75) is 12.5 Å². The topological polar surface area (TPSA) is 73.7 Å². The van der Waals surface area contributed by atoms with Crippen LogP contribution in [-0.4, -0.2) is 39.9 Å². The Morgan fingerprint density at radius 3 is 2.74 bits per heavy atom. The number of carbonyl (C=O) groups is 1. The van der Waals surface area contributed by atoms with Crippen molar-refractivity contribution in [3.63, 3.8) is 0 Å². The van der Waals surface area contributed by atoms with E-state index in [1.807, 2.05) is 23.1 Å². The molecule has 2 heterocycles. The monoisotopic (exact) mass is 258 g/mol. The summed E-state index contributed by atoms with van der Waals surface area (Å²) >= 11 is 0. The van der Waals surface area contributed by atoms with Gasteiger partial charge < -0.3 is 15.1 Å². The van der Waals surface area contributed by atoms with Gasteiger partial charge in [0.1, 0.15) is 0 Å². The van der Waals surface area contributed by atoms with Gasteiger partial charge in [-0.1, -0.05) is 0 Å². The first-order valence-electron chi connectivity index (χ1n) is 6.06. The minimum Gasteiger partial charge on any atom is -0.478 e. The van der Waals surface area contributed by atoms with Crippen LogP contribution in [-0.2, 0) is 0 Å². The molecule has 1 aromatic carbocycles. The van der Waals surface area contributed by atoms with Crippen LogP contribution in [0.1, 0.15) is 17.3 Å². The average Bonchev–Trinajstić information content (AvgIpc) is 2.34. The van der Waals surface area contributed by atoms with E-state index in [9.17, 15) is 15.0 Å². The molecule has 1 aromatic heterocycles. The molecule has 0 atom stereocenters. The summed E-state index contributed by atoms with van der Waals surface area (Å²) in [5.74, 6) is -0.958. The zero-order chi connectivity index (χ0) is 13.6. The summed E-state index contributed by atoms with van der Waals surface area (Å²) in [4.78, 5) is 17.4. The number of β-amino-alcohol motifs (C(OH)–C–C–N with tert-alkyl or cyclic N) is 1. The van der Waals surface area contributed by atoms with Crippen LogP contribution in [0.2, 0.25) is 0 Å². The Labute approximate surface area is 110 Å². The molecular formula is C14H14N2O3. The van der Waals surface area contributed by atoms with Crippen molar-refractivity contribution < 1.29 is 15.0 Å². The molecule has 98 valence electrons. The van der Waals surface area contributed by atoms with Crippen LogP contribution in [0.4, 0.5) is 5.69 Å². The number of carboxylic acids is 1. The van der Waals surface area contributed by atoms with Gasteiger partial charge in [0.25, 0.3) is 0 Å². The molecule has 0 unspecified atom stereocenters. The largest absolute Gasteiger partial charge is 0.478 e. The summed E-state index contributed by atoms with van der Waals surface area (Å²) < 4.78 is 0. The molecule has 0 amide bonds. The van der Waals surface area contributed by atoms with E-state index < -0.39 is 11.6 Å². The Balaban J connectivity index is 2.05. The smallest absolute Gasteiger partial charge is 0.336 e. The summed E-state index contributed by atoms with van der Waals surface area (Å²) in [6.07, 6.45) is 1.50.